The van der Waals surface area contributed by atoms with Gasteiger partial charge in [-0.05, 0) is 29.7 Å². The lowest BCUT2D eigenvalue weighted by Crippen LogP contribution is -2.37. The molecule has 1 aliphatic rings. The smallest absolute Gasteiger partial charge is 0.285 e. The third kappa shape index (κ3) is 1.20. The van der Waals surface area contributed by atoms with Gasteiger partial charge in [-0.1, -0.05) is 0 Å². The predicted molar refractivity (Wildman–Crippen MR) is 65.1 cm³/mol. The van der Waals surface area contributed by atoms with Gasteiger partial charge in [-0.15, -0.1) is 5.06 Å². The van der Waals surface area contributed by atoms with Gasteiger partial charge in [0.25, 0.3) is 11.8 Å². The lowest BCUT2D eigenvalue weighted by Gasteiger charge is -2.22. The highest BCUT2D eigenvalue weighted by molar-refractivity contribution is 6.25. The molecule has 18 heavy (non-hydrogen) atoms. The average molecular weight is 243 g/mol. The molecule has 0 atom stereocenters. The van der Waals surface area contributed by atoms with Crippen LogP contribution in [0.2, 0.25) is 0 Å². The first-order valence-corrected chi connectivity index (χ1v) is 5.19. The van der Waals surface area contributed by atoms with Crippen molar-refractivity contribution in [3.05, 3.63) is 35.4 Å². The van der Waals surface area contributed by atoms with Crippen molar-refractivity contribution < 1.29 is 14.8 Å². The Labute approximate surface area is 101 Å². The molecule has 1 aliphatic heterocycles. The SMILES string of the molecule is Nc1cc2c3c(cc(N)cc3c1)C(=O)N(O)C2=O. The second-order valence-corrected chi connectivity index (χ2v) is 4.16. The zero-order valence-corrected chi connectivity index (χ0v) is 9.18. The standard InChI is InChI=1S/C12H9N3O3/c13-6-1-5-2-7(14)4-9-10(5)8(3-6)11(16)15(18)12(9)17/h1-4,18H,13-14H2. The Kier molecular flexibility index (Phi) is 1.88. The van der Waals surface area contributed by atoms with Crippen LogP contribution in [0.25, 0.3) is 10.8 Å². The number of nitrogens with two attached hydrogens (primary N) is 2. The van der Waals surface area contributed by atoms with Gasteiger partial charge in [0.15, 0.2) is 0 Å². The van der Waals surface area contributed by atoms with Gasteiger partial charge in [0.1, 0.15) is 0 Å². The summed E-state index contributed by atoms with van der Waals surface area (Å²) in [6, 6.07) is 6.12. The van der Waals surface area contributed by atoms with Crippen molar-refractivity contribution in [2.75, 3.05) is 11.5 Å². The fourth-order valence-electron chi connectivity index (χ4n) is 2.22. The van der Waals surface area contributed by atoms with Crippen molar-refractivity contribution in [1.82, 2.24) is 5.06 Å². The van der Waals surface area contributed by atoms with Crippen LogP contribution in [-0.2, 0) is 0 Å². The van der Waals surface area contributed by atoms with Crippen molar-refractivity contribution in [1.29, 1.82) is 0 Å². The third-order valence-electron chi connectivity index (χ3n) is 2.94. The molecule has 6 heteroatoms. The molecular formula is C12H9N3O3. The molecule has 0 aliphatic carbocycles. The minimum Gasteiger partial charge on any atom is -0.399 e. The number of carbonyl (C=O) groups is 2. The first kappa shape index (κ1) is 10.5. The number of nitrogens with zero attached hydrogens (tertiary/aromatic N) is 1. The summed E-state index contributed by atoms with van der Waals surface area (Å²) in [5, 5.41) is 10.6. The highest BCUT2D eigenvalue weighted by Crippen LogP contribution is 2.33. The second kappa shape index (κ2) is 3.21. The van der Waals surface area contributed by atoms with E-state index >= 15 is 0 Å². The first-order valence-electron chi connectivity index (χ1n) is 5.19. The molecule has 90 valence electrons. The second-order valence-electron chi connectivity index (χ2n) is 4.16. The third-order valence-corrected chi connectivity index (χ3v) is 2.94. The van der Waals surface area contributed by atoms with Gasteiger partial charge in [-0.2, -0.15) is 0 Å². The Morgan fingerprint density at radius 2 is 1.33 bits per heavy atom. The van der Waals surface area contributed by atoms with Crippen LogP contribution in [0.5, 0.6) is 0 Å². The molecule has 2 amide bonds. The zero-order valence-electron chi connectivity index (χ0n) is 9.18. The van der Waals surface area contributed by atoms with Gasteiger partial charge in [0.05, 0.1) is 11.1 Å². The maximum absolute atomic E-state index is 11.8. The van der Waals surface area contributed by atoms with E-state index in [1.807, 2.05) is 0 Å². The highest BCUT2D eigenvalue weighted by atomic mass is 16.5. The summed E-state index contributed by atoms with van der Waals surface area (Å²) in [4.78, 5) is 23.6. The molecule has 0 saturated carbocycles. The van der Waals surface area contributed by atoms with Gasteiger partial charge in [-0.3, -0.25) is 14.8 Å². The average Bonchev–Trinajstić information content (AvgIpc) is 2.32. The molecule has 0 aromatic heterocycles. The van der Waals surface area contributed by atoms with Crippen molar-refractivity contribution in [3.63, 3.8) is 0 Å². The number of rotatable bonds is 0. The van der Waals surface area contributed by atoms with Crippen molar-refractivity contribution in [3.8, 4) is 0 Å². The summed E-state index contributed by atoms with van der Waals surface area (Å²) in [5.74, 6) is -1.57. The Morgan fingerprint density at radius 3 is 1.78 bits per heavy atom. The number of nitrogen functional groups attached to an aromatic ring is 2. The summed E-state index contributed by atoms with van der Waals surface area (Å²) in [6.07, 6.45) is 0. The first-order chi connectivity index (χ1) is 8.49. The minimum absolute atomic E-state index is 0.0794. The number of anilines is 2. The Morgan fingerprint density at radius 1 is 0.889 bits per heavy atom. The normalized spacial score (nSPS) is 14.4. The number of benzene rings is 2. The molecule has 6 nitrogen and oxygen atoms in total. The van der Waals surface area contributed by atoms with Gasteiger partial charge in [-0.25, -0.2) is 0 Å². The van der Waals surface area contributed by atoms with Gasteiger partial charge in [0, 0.05) is 16.8 Å². The van der Waals surface area contributed by atoms with E-state index in [1.54, 1.807) is 12.1 Å². The van der Waals surface area contributed by atoms with E-state index in [-0.39, 0.29) is 16.2 Å². The fraction of sp³-hybridized carbons (Fsp3) is 0. The molecule has 0 bridgehead atoms. The molecule has 3 rings (SSSR count). The number of hydroxylamine groups is 2. The van der Waals surface area contributed by atoms with E-state index < -0.39 is 11.8 Å². The van der Waals surface area contributed by atoms with Crippen LogP contribution in [0.3, 0.4) is 0 Å². The Balaban J connectivity index is 2.54. The van der Waals surface area contributed by atoms with Gasteiger partial charge < -0.3 is 11.5 Å². The summed E-state index contributed by atoms with van der Waals surface area (Å²) in [6.45, 7) is 0. The largest absolute Gasteiger partial charge is 0.399 e. The summed E-state index contributed by atoms with van der Waals surface area (Å²) >= 11 is 0. The van der Waals surface area contributed by atoms with Crippen molar-refractivity contribution in [2.45, 2.75) is 0 Å². The van der Waals surface area contributed by atoms with Crippen LogP contribution in [0.4, 0.5) is 11.4 Å². The lowest BCUT2D eigenvalue weighted by atomic mass is 9.94. The fourth-order valence-corrected chi connectivity index (χ4v) is 2.22. The maximum atomic E-state index is 11.8. The summed E-state index contributed by atoms with van der Waals surface area (Å²) < 4.78 is 0. The molecule has 5 N–H and O–H groups in total. The molecule has 2 aromatic rings. The van der Waals surface area contributed by atoms with Gasteiger partial charge in [0.2, 0.25) is 0 Å². The van der Waals surface area contributed by atoms with E-state index in [1.165, 1.54) is 12.1 Å². The van der Waals surface area contributed by atoms with Crippen molar-refractivity contribution in [2.24, 2.45) is 0 Å². The van der Waals surface area contributed by atoms with E-state index in [2.05, 4.69) is 0 Å². The topological polar surface area (TPSA) is 110 Å². The Hall–Kier alpha value is -2.60. The highest BCUT2D eigenvalue weighted by Gasteiger charge is 2.32. The molecule has 0 unspecified atom stereocenters. The lowest BCUT2D eigenvalue weighted by molar-refractivity contribution is -0.0377. The number of amides is 2. The monoisotopic (exact) mass is 243 g/mol. The number of hydrogen-bond acceptors (Lipinski definition) is 5. The van der Waals surface area contributed by atoms with Gasteiger partial charge >= 0.3 is 0 Å². The van der Waals surface area contributed by atoms with Crippen LogP contribution >= 0.6 is 0 Å². The van der Waals surface area contributed by atoms with Crippen LogP contribution < -0.4 is 11.5 Å². The Bertz CT molecular complexity index is 667. The van der Waals surface area contributed by atoms with Crippen LogP contribution in [0.1, 0.15) is 20.7 Å². The summed E-state index contributed by atoms with van der Waals surface area (Å²) in [5.41, 5.74) is 12.5. The van der Waals surface area contributed by atoms with E-state index in [9.17, 15) is 14.8 Å². The van der Waals surface area contributed by atoms with Crippen LogP contribution in [-0.4, -0.2) is 22.1 Å². The maximum Gasteiger partial charge on any atom is 0.285 e. The molecule has 0 spiro atoms. The molecule has 0 fully saturated rings. The van der Waals surface area contributed by atoms with Crippen LogP contribution in [0, 0.1) is 0 Å². The molecular weight excluding hydrogens is 234 g/mol. The minimum atomic E-state index is -0.783. The van der Waals surface area contributed by atoms with E-state index in [0.29, 0.717) is 22.1 Å². The quantitative estimate of drug-likeness (QED) is 0.363. The molecule has 0 radical (unpaired) electrons. The number of carbonyl (C=O) groups excluding carboxylic acids is 2. The van der Waals surface area contributed by atoms with Crippen molar-refractivity contribution >= 4 is 34.0 Å². The van der Waals surface area contributed by atoms with Crippen LogP contribution in [0.15, 0.2) is 24.3 Å². The number of imide groups is 1. The molecule has 2 aromatic carbocycles. The number of hydrogen-bond donors (Lipinski definition) is 3. The van der Waals surface area contributed by atoms with E-state index in [4.69, 9.17) is 11.5 Å². The zero-order chi connectivity index (χ0) is 13.0. The molecule has 0 saturated heterocycles. The summed E-state index contributed by atoms with van der Waals surface area (Å²) in [7, 11) is 0. The predicted octanol–water partition coefficient (Wildman–Crippen LogP) is 0.989. The van der Waals surface area contributed by atoms with E-state index in [0.717, 1.165) is 0 Å². The molecule has 1 heterocycles.